The lowest BCUT2D eigenvalue weighted by Crippen LogP contribution is -2.22. The van der Waals surface area contributed by atoms with Crippen molar-refractivity contribution in [2.45, 2.75) is 22.8 Å². The lowest BCUT2D eigenvalue weighted by Gasteiger charge is -2.11. The molecule has 0 aliphatic carbocycles. The number of rotatable bonds is 3. The van der Waals surface area contributed by atoms with Crippen molar-refractivity contribution in [2.75, 3.05) is 13.7 Å². The third-order valence-electron chi connectivity index (χ3n) is 5.01. The molecule has 0 fully saturated rings. The van der Waals surface area contributed by atoms with Crippen molar-refractivity contribution in [3.05, 3.63) is 53.1 Å². The molecule has 5 nitrogen and oxygen atoms in total. The summed E-state index contributed by atoms with van der Waals surface area (Å²) in [6.07, 6.45) is 0.782. The Balaban J connectivity index is 1.73. The molecule has 0 atom stereocenters. The molecule has 2 aromatic carbocycles. The Labute approximate surface area is 160 Å². The Morgan fingerprint density at radius 1 is 1.15 bits per heavy atom. The third kappa shape index (κ3) is 2.57. The Morgan fingerprint density at radius 3 is 2.89 bits per heavy atom. The highest BCUT2D eigenvalue weighted by molar-refractivity contribution is 7.91. The van der Waals surface area contributed by atoms with Crippen LogP contribution >= 0.6 is 11.3 Å². The van der Waals surface area contributed by atoms with Crippen molar-refractivity contribution in [3.63, 3.8) is 0 Å². The first-order valence-corrected chi connectivity index (χ1v) is 11.0. The third-order valence-corrected chi connectivity index (χ3v) is 7.64. The molecule has 0 saturated heterocycles. The lowest BCUT2D eigenvalue weighted by molar-refractivity contribution is 0.404. The molecule has 0 saturated carbocycles. The molecule has 0 radical (unpaired) electrons. The van der Waals surface area contributed by atoms with Gasteiger partial charge in [0.15, 0.2) is 11.3 Å². The van der Waals surface area contributed by atoms with Gasteiger partial charge in [0.25, 0.3) is 0 Å². The molecule has 0 bridgehead atoms. The first-order valence-electron chi connectivity index (χ1n) is 8.63. The second-order valence-electron chi connectivity index (χ2n) is 6.56. The fourth-order valence-corrected chi connectivity index (χ4v) is 5.71. The number of methoxy groups -OCH3 is 1. The highest BCUT2D eigenvalue weighted by Crippen LogP contribution is 2.38. The van der Waals surface area contributed by atoms with E-state index in [0.717, 1.165) is 39.8 Å². The van der Waals surface area contributed by atoms with Crippen LogP contribution in [-0.2, 0) is 22.8 Å². The Hall–Kier alpha value is -2.35. The summed E-state index contributed by atoms with van der Waals surface area (Å²) in [7, 11) is -2.14. The van der Waals surface area contributed by atoms with Crippen LogP contribution in [0.4, 0.5) is 0 Å². The van der Waals surface area contributed by atoms with Gasteiger partial charge in [0.05, 0.1) is 16.9 Å². The molecule has 2 aromatic heterocycles. The summed E-state index contributed by atoms with van der Waals surface area (Å²) in [5, 5.41) is 7.00. The monoisotopic (exact) mass is 399 g/mol. The molecule has 5 rings (SSSR count). The number of ether oxygens (including phenoxy) is 1. The average Bonchev–Trinajstić information content (AvgIpc) is 3.30. The highest BCUT2D eigenvalue weighted by atomic mass is 32.2. The van der Waals surface area contributed by atoms with Crippen molar-refractivity contribution < 1.29 is 17.6 Å². The molecular weight excluding hydrogens is 382 g/mol. The largest absolute Gasteiger partial charge is 0.493 e. The van der Waals surface area contributed by atoms with Crippen LogP contribution in [0.1, 0.15) is 11.3 Å². The summed E-state index contributed by atoms with van der Waals surface area (Å²) < 4.78 is 39.1. The normalized spacial score (nSPS) is 14.6. The summed E-state index contributed by atoms with van der Waals surface area (Å²) >= 11 is 1.59. The Bertz CT molecular complexity index is 1280. The van der Waals surface area contributed by atoms with Gasteiger partial charge >= 0.3 is 0 Å². The van der Waals surface area contributed by atoms with E-state index in [2.05, 4.69) is 5.32 Å². The van der Waals surface area contributed by atoms with Crippen molar-refractivity contribution in [2.24, 2.45) is 0 Å². The average molecular weight is 399 g/mol. The van der Waals surface area contributed by atoms with Gasteiger partial charge in [-0.25, -0.2) is 8.42 Å². The second kappa shape index (κ2) is 6.09. The molecule has 0 amide bonds. The molecule has 138 valence electrons. The maximum Gasteiger partial charge on any atom is 0.206 e. The predicted molar refractivity (Wildman–Crippen MR) is 105 cm³/mol. The number of thiophene rings is 1. The summed E-state index contributed by atoms with van der Waals surface area (Å²) in [6, 6.07) is 10.4. The summed E-state index contributed by atoms with van der Waals surface area (Å²) in [4.78, 5) is 0.501. The number of benzene rings is 2. The standard InChI is InChI=1S/C20H17NO4S2/c1-24-18-10-14(9-15-16-11-21-6-4-17(16)25-20(15)18)27(22,23)13-2-3-19-12(8-13)5-7-26-19/h2-3,5,7-10,21H,4,6,11H2,1H3. The Morgan fingerprint density at radius 2 is 2.04 bits per heavy atom. The molecule has 7 heteroatoms. The van der Waals surface area contributed by atoms with Crippen LogP contribution in [0.25, 0.3) is 21.1 Å². The molecular formula is C20H17NO4S2. The first kappa shape index (κ1) is 16.8. The minimum Gasteiger partial charge on any atom is -0.493 e. The molecule has 27 heavy (non-hydrogen) atoms. The highest BCUT2D eigenvalue weighted by Gasteiger charge is 2.25. The van der Waals surface area contributed by atoms with E-state index in [1.54, 1.807) is 35.6 Å². The van der Waals surface area contributed by atoms with Crippen LogP contribution in [-0.4, -0.2) is 22.1 Å². The zero-order chi connectivity index (χ0) is 18.6. The second-order valence-corrected chi connectivity index (χ2v) is 9.45. The van der Waals surface area contributed by atoms with Gasteiger partial charge in [0, 0.05) is 41.2 Å². The van der Waals surface area contributed by atoms with E-state index in [4.69, 9.17) is 9.15 Å². The van der Waals surface area contributed by atoms with Crippen LogP contribution in [0.5, 0.6) is 5.75 Å². The van der Waals surface area contributed by atoms with Gasteiger partial charge < -0.3 is 14.5 Å². The minimum absolute atomic E-state index is 0.218. The van der Waals surface area contributed by atoms with Crippen LogP contribution in [0.3, 0.4) is 0 Å². The molecule has 0 unspecified atom stereocenters. The summed E-state index contributed by atoms with van der Waals surface area (Å²) in [6.45, 7) is 1.51. The zero-order valence-electron chi connectivity index (χ0n) is 14.6. The fraction of sp³-hybridized carbons (Fsp3) is 0.200. The van der Waals surface area contributed by atoms with E-state index >= 15 is 0 Å². The fourth-order valence-electron chi connectivity index (χ4n) is 3.61. The van der Waals surface area contributed by atoms with Crippen molar-refractivity contribution in [1.82, 2.24) is 5.32 Å². The SMILES string of the molecule is COc1cc(S(=O)(=O)c2ccc3sccc3c2)cc2c3c(oc12)CCNC3. The molecule has 1 N–H and O–H groups in total. The van der Waals surface area contributed by atoms with E-state index in [1.165, 1.54) is 7.11 Å². The summed E-state index contributed by atoms with van der Waals surface area (Å²) in [5.74, 6) is 1.34. The van der Waals surface area contributed by atoms with Gasteiger partial charge in [-0.05, 0) is 41.1 Å². The molecule has 1 aliphatic heterocycles. The lowest BCUT2D eigenvalue weighted by atomic mass is 10.1. The van der Waals surface area contributed by atoms with Gasteiger partial charge in [-0.2, -0.15) is 0 Å². The molecule has 0 spiro atoms. The topological polar surface area (TPSA) is 68.5 Å². The number of fused-ring (bicyclic) bond motifs is 4. The van der Waals surface area contributed by atoms with Gasteiger partial charge in [-0.1, -0.05) is 0 Å². The van der Waals surface area contributed by atoms with Crippen molar-refractivity contribution in [3.8, 4) is 5.75 Å². The van der Waals surface area contributed by atoms with Crippen LogP contribution < -0.4 is 10.1 Å². The Kier molecular flexibility index (Phi) is 3.79. The minimum atomic E-state index is -3.67. The predicted octanol–water partition coefficient (Wildman–Crippen LogP) is 4.13. The van der Waals surface area contributed by atoms with Crippen LogP contribution in [0.2, 0.25) is 0 Å². The number of hydrogen-bond donors (Lipinski definition) is 1. The maximum absolute atomic E-state index is 13.3. The van der Waals surface area contributed by atoms with E-state index in [1.807, 2.05) is 17.5 Å². The van der Waals surface area contributed by atoms with Gasteiger partial charge in [0.1, 0.15) is 5.76 Å². The quantitative estimate of drug-likeness (QED) is 0.561. The van der Waals surface area contributed by atoms with E-state index in [-0.39, 0.29) is 9.79 Å². The number of hydrogen-bond acceptors (Lipinski definition) is 6. The number of furan rings is 1. The zero-order valence-corrected chi connectivity index (χ0v) is 16.2. The van der Waals surface area contributed by atoms with E-state index < -0.39 is 9.84 Å². The van der Waals surface area contributed by atoms with E-state index in [0.29, 0.717) is 17.9 Å². The number of nitrogens with one attached hydrogen (secondary N) is 1. The smallest absolute Gasteiger partial charge is 0.206 e. The summed E-state index contributed by atoms with van der Waals surface area (Å²) in [5.41, 5.74) is 1.62. The molecule has 4 aromatic rings. The molecule has 1 aliphatic rings. The number of sulfone groups is 1. The van der Waals surface area contributed by atoms with E-state index in [9.17, 15) is 8.42 Å². The van der Waals surface area contributed by atoms with Crippen molar-refractivity contribution in [1.29, 1.82) is 0 Å². The van der Waals surface area contributed by atoms with Gasteiger partial charge in [-0.15, -0.1) is 11.3 Å². The van der Waals surface area contributed by atoms with Crippen LogP contribution in [0, 0.1) is 0 Å². The van der Waals surface area contributed by atoms with Gasteiger partial charge in [0.2, 0.25) is 9.84 Å². The van der Waals surface area contributed by atoms with Crippen LogP contribution in [0.15, 0.2) is 56.0 Å². The van der Waals surface area contributed by atoms with Crippen molar-refractivity contribution >= 4 is 42.2 Å². The van der Waals surface area contributed by atoms with Gasteiger partial charge in [-0.3, -0.25) is 0 Å². The maximum atomic E-state index is 13.3. The first-order chi connectivity index (χ1) is 13.1. The molecule has 3 heterocycles.